The molecule has 1 aliphatic heterocycles. The first-order valence-electron chi connectivity index (χ1n) is 7.25. The number of hydrogen-bond acceptors (Lipinski definition) is 2. The van der Waals surface area contributed by atoms with E-state index in [0.717, 1.165) is 38.3 Å². The highest BCUT2D eigenvalue weighted by atomic mass is 16.4. The summed E-state index contributed by atoms with van der Waals surface area (Å²) in [5.41, 5.74) is 1.33. The van der Waals surface area contributed by atoms with E-state index in [-0.39, 0.29) is 5.92 Å². The number of carboxylic acids is 1. The molecule has 3 rings (SSSR count). The van der Waals surface area contributed by atoms with E-state index in [2.05, 4.69) is 29.2 Å². The Labute approximate surface area is 114 Å². The predicted octanol–water partition coefficient (Wildman–Crippen LogP) is 2.76. The van der Waals surface area contributed by atoms with E-state index in [1.54, 1.807) is 0 Å². The number of carboxylic acid groups (broad SMARTS) is 1. The smallest absolute Gasteiger partial charge is 0.306 e. The fourth-order valence-corrected chi connectivity index (χ4v) is 3.73. The van der Waals surface area contributed by atoms with Crippen LogP contribution in [0.2, 0.25) is 0 Å². The number of hydrogen-bond donors (Lipinski definition) is 1. The quantitative estimate of drug-likeness (QED) is 0.907. The molecule has 3 nitrogen and oxygen atoms in total. The second kappa shape index (κ2) is 5.33. The van der Waals surface area contributed by atoms with Crippen molar-refractivity contribution in [2.45, 2.75) is 38.3 Å². The summed E-state index contributed by atoms with van der Waals surface area (Å²) < 4.78 is 0. The monoisotopic (exact) mass is 259 g/mol. The van der Waals surface area contributed by atoms with Crippen LogP contribution in [0.15, 0.2) is 30.3 Å². The molecule has 19 heavy (non-hydrogen) atoms. The van der Waals surface area contributed by atoms with Crippen LogP contribution in [0.25, 0.3) is 0 Å². The zero-order chi connectivity index (χ0) is 13.2. The average molecular weight is 259 g/mol. The second-order valence-electron chi connectivity index (χ2n) is 5.92. The van der Waals surface area contributed by atoms with Gasteiger partial charge in [0, 0.05) is 12.6 Å². The number of aliphatic carboxylic acids is 1. The van der Waals surface area contributed by atoms with Gasteiger partial charge >= 0.3 is 5.97 Å². The van der Waals surface area contributed by atoms with Gasteiger partial charge in [0.1, 0.15) is 0 Å². The maximum Gasteiger partial charge on any atom is 0.306 e. The maximum atomic E-state index is 11.2. The molecule has 1 N–H and O–H groups in total. The molecule has 1 aliphatic carbocycles. The Morgan fingerprint density at radius 3 is 2.74 bits per heavy atom. The Morgan fingerprint density at radius 2 is 2.00 bits per heavy atom. The van der Waals surface area contributed by atoms with Crippen LogP contribution in [0, 0.1) is 11.8 Å². The van der Waals surface area contributed by atoms with E-state index >= 15 is 0 Å². The van der Waals surface area contributed by atoms with E-state index in [9.17, 15) is 9.90 Å². The highest BCUT2D eigenvalue weighted by Crippen LogP contribution is 2.39. The van der Waals surface area contributed by atoms with Crippen molar-refractivity contribution in [2.75, 3.05) is 6.54 Å². The van der Waals surface area contributed by atoms with E-state index in [4.69, 9.17) is 0 Å². The number of fused-ring (bicyclic) bond motifs is 1. The van der Waals surface area contributed by atoms with Crippen molar-refractivity contribution in [3.05, 3.63) is 35.9 Å². The fourth-order valence-electron chi connectivity index (χ4n) is 3.73. The topological polar surface area (TPSA) is 40.5 Å². The van der Waals surface area contributed by atoms with Crippen molar-refractivity contribution in [1.29, 1.82) is 0 Å². The highest BCUT2D eigenvalue weighted by Gasteiger charge is 2.40. The standard InChI is InChI=1S/C16H21NO2/c18-16(19)14-7-6-13-8-9-17(15(13)10-14)11-12-4-2-1-3-5-12/h1-5,13-15H,6-11H2,(H,18,19). The number of rotatable bonds is 3. The summed E-state index contributed by atoms with van der Waals surface area (Å²) in [4.78, 5) is 13.7. The number of benzene rings is 1. The minimum atomic E-state index is -0.606. The van der Waals surface area contributed by atoms with Crippen molar-refractivity contribution < 1.29 is 9.90 Å². The molecule has 0 bridgehead atoms. The van der Waals surface area contributed by atoms with Crippen LogP contribution in [0.4, 0.5) is 0 Å². The third kappa shape index (κ3) is 2.66. The van der Waals surface area contributed by atoms with Gasteiger partial charge in [0.25, 0.3) is 0 Å². The Hall–Kier alpha value is -1.35. The molecule has 2 aliphatic rings. The fraction of sp³-hybridized carbons (Fsp3) is 0.562. The van der Waals surface area contributed by atoms with Gasteiger partial charge in [-0.05, 0) is 43.7 Å². The molecule has 102 valence electrons. The number of carbonyl (C=O) groups is 1. The predicted molar refractivity (Wildman–Crippen MR) is 73.7 cm³/mol. The molecule has 1 saturated heterocycles. The summed E-state index contributed by atoms with van der Waals surface area (Å²) in [6.07, 6.45) is 4.04. The van der Waals surface area contributed by atoms with Crippen LogP contribution in [-0.4, -0.2) is 28.6 Å². The molecular formula is C16H21NO2. The molecule has 0 spiro atoms. The molecule has 0 amide bonds. The van der Waals surface area contributed by atoms with E-state index in [1.165, 1.54) is 12.0 Å². The Morgan fingerprint density at radius 1 is 1.21 bits per heavy atom. The lowest BCUT2D eigenvalue weighted by Gasteiger charge is -2.34. The van der Waals surface area contributed by atoms with Gasteiger partial charge in [-0.25, -0.2) is 0 Å². The summed E-state index contributed by atoms with van der Waals surface area (Å²) in [7, 11) is 0. The highest BCUT2D eigenvalue weighted by molar-refractivity contribution is 5.70. The molecule has 3 atom stereocenters. The molecule has 1 aromatic carbocycles. The zero-order valence-corrected chi connectivity index (χ0v) is 11.2. The van der Waals surface area contributed by atoms with Gasteiger partial charge in [0.2, 0.25) is 0 Å². The third-order valence-electron chi connectivity index (χ3n) is 4.79. The molecule has 1 aromatic rings. The molecule has 3 unspecified atom stereocenters. The Kier molecular flexibility index (Phi) is 3.56. The first-order chi connectivity index (χ1) is 9.24. The van der Waals surface area contributed by atoms with Gasteiger partial charge in [-0.2, -0.15) is 0 Å². The molecule has 3 heteroatoms. The van der Waals surface area contributed by atoms with E-state index in [0.29, 0.717) is 6.04 Å². The maximum absolute atomic E-state index is 11.2. The van der Waals surface area contributed by atoms with Crippen LogP contribution in [0.3, 0.4) is 0 Å². The molecular weight excluding hydrogens is 238 g/mol. The summed E-state index contributed by atoms with van der Waals surface area (Å²) in [5.74, 6) is -0.0121. The SMILES string of the molecule is O=C(O)C1CCC2CCN(Cc3ccccc3)C2C1. The summed E-state index contributed by atoms with van der Waals surface area (Å²) >= 11 is 0. The lowest BCUT2D eigenvalue weighted by molar-refractivity contribution is -0.143. The lowest BCUT2D eigenvalue weighted by Crippen LogP contribution is -2.39. The van der Waals surface area contributed by atoms with Gasteiger partial charge < -0.3 is 5.11 Å². The minimum absolute atomic E-state index is 0.127. The summed E-state index contributed by atoms with van der Waals surface area (Å²) in [6, 6.07) is 11.0. The van der Waals surface area contributed by atoms with Crippen LogP contribution >= 0.6 is 0 Å². The normalized spacial score (nSPS) is 31.1. The largest absolute Gasteiger partial charge is 0.481 e. The van der Waals surface area contributed by atoms with Crippen LogP contribution < -0.4 is 0 Å². The third-order valence-corrected chi connectivity index (χ3v) is 4.79. The van der Waals surface area contributed by atoms with Crippen molar-refractivity contribution >= 4 is 5.97 Å². The lowest BCUT2D eigenvalue weighted by atomic mass is 9.78. The molecule has 0 radical (unpaired) electrons. The Balaban J connectivity index is 1.68. The molecule has 0 aromatic heterocycles. The van der Waals surface area contributed by atoms with Gasteiger partial charge in [0.15, 0.2) is 0 Å². The van der Waals surface area contributed by atoms with Gasteiger partial charge in [-0.15, -0.1) is 0 Å². The number of nitrogens with zero attached hydrogens (tertiary/aromatic N) is 1. The number of likely N-dealkylation sites (tertiary alicyclic amines) is 1. The van der Waals surface area contributed by atoms with Crippen molar-refractivity contribution in [3.63, 3.8) is 0 Å². The summed E-state index contributed by atoms with van der Waals surface area (Å²) in [5, 5.41) is 9.22. The van der Waals surface area contributed by atoms with Gasteiger partial charge in [-0.3, -0.25) is 9.69 Å². The first-order valence-corrected chi connectivity index (χ1v) is 7.25. The van der Waals surface area contributed by atoms with Crippen molar-refractivity contribution in [2.24, 2.45) is 11.8 Å². The summed E-state index contributed by atoms with van der Waals surface area (Å²) in [6.45, 7) is 2.09. The molecule has 1 saturated carbocycles. The molecule has 1 heterocycles. The average Bonchev–Trinajstić information content (AvgIpc) is 2.82. The zero-order valence-electron chi connectivity index (χ0n) is 11.2. The molecule has 2 fully saturated rings. The van der Waals surface area contributed by atoms with Crippen LogP contribution in [0.1, 0.15) is 31.2 Å². The van der Waals surface area contributed by atoms with Gasteiger partial charge in [-0.1, -0.05) is 30.3 Å². The van der Waals surface area contributed by atoms with E-state index < -0.39 is 5.97 Å². The van der Waals surface area contributed by atoms with E-state index in [1.807, 2.05) is 6.07 Å². The van der Waals surface area contributed by atoms with Gasteiger partial charge in [0.05, 0.1) is 5.92 Å². The van der Waals surface area contributed by atoms with Crippen molar-refractivity contribution in [3.8, 4) is 0 Å². The van der Waals surface area contributed by atoms with Crippen LogP contribution in [0.5, 0.6) is 0 Å². The second-order valence-corrected chi connectivity index (χ2v) is 5.92. The first kappa shape index (κ1) is 12.7. The Bertz CT molecular complexity index is 445. The van der Waals surface area contributed by atoms with Crippen LogP contribution in [-0.2, 0) is 11.3 Å². The minimum Gasteiger partial charge on any atom is -0.481 e. The van der Waals surface area contributed by atoms with Crippen molar-refractivity contribution in [1.82, 2.24) is 4.90 Å².